The van der Waals surface area contributed by atoms with Crippen LogP contribution in [0.1, 0.15) is 17.2 Å². The summed E-state index contributed by atoms with van der Waals surface area (Å²) in [5.74, 6) is -0.236. The molecular formula is C15H12FNS. The highest BCUT2D eigenvalue weighted by molar-refractivity contribution is 7.17. The summed E-state index contributed by atoms with van der Waals surface area (Å²) in [6.07, 6.45) is 0. The molecule has 0 saturated carbocycles. The molecule has 0 amide bonds. The van der Waals surface area contributed by atoms with Crippen LogP contribution in [-0.2, 0) is 0 Å². The van der Waals surface area contributed by atoms with E-state index < -0.39 is 0 Å². The molecule has 1 atom stereocenters. The van der Waals surface area contributed by atoms with Crippen LogP contribution in [-0.4, -0.2) is 0 Å². The molecule has 0 aliphatic carbocycles. The quantitative estimate of drug-likeness (QED) is 0.735. The van der Waals surface area contributed by atoms with Crippen molar-refractivity contribution in [2.45, 2.75) is 6.04 Å². The van der Waals surface area contributed by atoms with Gasteiger partial charge in [-0.3, -0.25) is 0 Å². The molecule has 0 aliphatic heterocycles. The first-order valence-corrected chi connectivity index (χ1v) is 6.61. The smallest absolute Gasteiger partial charge is 0.123 e. The lowest BCUT2D eigenvalue weighted by Crippen LogP contribution is -2.11. The summed E-state index contributed by atoms with van der Waals surface area (Å²) >= 11 is 1.69. The molecule has 2 N–H and O–H groups in total. The molecule has 3 heteroatoms. The Morgan fingerprint density at radius 3 is 2.56 bits per heavy atom. The van der Waals surface area contributed by atoms with Gasteiger partial charge in [0.25, 0.3) is 0 Å². The van der Waals surface area contributed by atoms with Gasteiger partial charge >= 0.3 is 0 Å². The third kappa shape index (κ3) is 1.92. The molecular weight excluding hydrogens is 245 g/mol. The first-order chi connectivity index (χ1) is 8.75. The average Bonchev–Trinajstić information content (AvgIpc) is 2.87. The van der Waals surface area contributed by atoms with Gasteiger partial charge in [0.15, 0.2) is 0 Å². The number of fused-ring (bicyclic) bond motifs is 1. The van der Waals surface area contributed by atoms with Crippen molar-refractivity contribution < 1.29 is 4.39 Å². The summed E-state index contributed by atoms with van der Waals surface area (Å²) < 4.78 is 14.1. The summed E-state index contributed by atoms with van der Waals surface area (Å²) in [5, 5.41) is 3.26. The van der Waals surface area contributed by atoms with Crippen molar-refractivity contribution in [2.75, 3.05) is 0 Å². The van der Waals surface area contributed by atoms with E-state index in [-0.39, 0.29) is 11.9 Å². The second kappa shape index (κ2) is 4.52. The molecule has 0 fully saturated rings. The van der Waals surface area contributed by atoms with Crippen LogP contribution in [0.3, 0.4) is 0 Å². The van der Waals surface area contributed by atoms with Gasteiger partial charge < -0.3 is 5.73 Å². The number of benzene rings is 2. The minimum Gasteiger partial charge on any atom is -0.320 e. The van der Waals surface area contributed by atoms with Crippen LogP contribution in [0.2, 0.25) is 0 Å². The van der Waals surface area contributed by atoms with Gasteiger partial charge in [-0.2, -0.15) is 0 Å². The third-order valence-corrected chi connectivity index (χ3v) is 4.05. The van der Waals surface area contributed by atoms with Crippen molar-refractivity contribution in [1.29, 1.82) is 0 Å². The van der Waals surface area contributed by atoms with Crippen molar-refractivity contribution in [2.24, 2.45) is 5.73 Å². The predicted molar refractivity (Wildman–Crippen MR) is 74.3 cm³/mol. The lowest BCUT2D eigenvalue weighted by atomic mass is 9.99. The molecule has 1 heterocycles. The summed E-state index contributed by atoms with van der Waals surface area (Å²) in [5.41, 5.74) is 8.30. The van der Waals surface area contributed by atoms with Crippen molar-refractivity contribution in [3.8, 4) is 0 Å². The molecule has 1 nitrogen and oxygen atoms in total. The summed E-state index contributed by atoms with van der Waals surface area (Å²) in [6.45, 7) is 0. The first-order valence-electron chi connectivity index (χ1n) is 5.73. The Labute approximate surface area is 109 Å². The molecule has 3 rings (SSSR count). The molecule has 0 aliphatic rings. The zero-order valence-electron chi connectivity index (χ0n) is 9.64. The van der Waals surface area contributed by atoms with Crippen LogP contribution in [0.15, 0.2) is 53.9 Å². The van der Waals surface area contributed by atoms with E-state index in [9.17, 15) is 4.39 Å². The first kappa shape index (κ1) is 11.4. The van der Waals surface area contributed by atoms with E-state index in [2.05, 4.69) is 17.5 Å². The Morgan fingerprint density at radius 2 is 1.78 bits per heavy atom. The number of rotatable bonds is 2. The van der Waals surface area contributed by atoms with Crippen molar-refractivity contribution in [3.05, 3.63) is 70.9 Å². The average molecular weight is 257 g/mol. The molecule has 1 aromatic heterocycles. The zero-order chi connectivity index (χ0) is 12.5. The maximum Gasteiger partial charge on any atom is 0.123 e. The number of hydrogen-bond donors (Lipinski definition) is 1. The van der Waals surface area contributed by atoms with Crippen molar-refractivity contribution in [1.82, 2.24) is 0 Å². The molecule has 0 spiro atoms. The van der Waals surface area contributed by atoms with Crippen LogP contribution >= 0.6 is 11.3 Å². The largest absolute Gasteiger partial charge is 0.320 e. The Hall–Kier alpha value is -1.71. The molecule has 18 heavy (non-hydrogen) atoms. The summed E-state index contributed by atoms with van der Waals surface area (Å²) in [7, 11) is 0. The van der Waals surface area contributed by atoms with E-state index in [1.54, 1.807) is 23.5 Å². The Bertz CT molecular complexity index is 672. The van der Waals surface area contributed by atoms with Crippen molar-refractivity contribution in [3.63, 3.8) is 0 Å². The standard InChI is InChI=1S/C15H12FNS/c16-12-6-4-10(5-7-12)14(17)13-3-1-2-11-8-9-18-15(11)13/h1-9,14H,17H2. The second-order valence-electron chi connectivity index (χ2n) is 4.22. The third-order valence-electron chi connectivity index (χ3n) is 3.07. The monoisotopic (exact) mass is 257 g/mol. The van der Waals surface area contributed by atoms with Gasteiger partial charge in [0.05, 0.1) is 6.04 Å². The fourth-order valence-corrected chi connectivity index (χ4v) is 3.06. The Morgan fingerprint density at radius 1 is 1.00 bits per heavy atom. The fourth-order valence-electron chi connectivity index (χ4n) is 2.11. The number of thiophene rings is 1. The number of halogens is 1. The van der Waals surface area contributed by atoms with Crippen LogP contribution in [0.25, 0.3) is 10.1 Å². The Kier molecular flexibility index (Phi) is 2.86. The van der Waals surface area contributed by atoms with E-state index in [1.165, 1.54) is 22.2 Å². The SMILES string of the molecule is NC(c1ccc(F)cc1)c1cccc2ccsc12. The molecule has 3 aromatic rings. The zero-order valence-corrected chi connectivity index (χ0v) is 10.5. The predicted octanol–water partition coefficient (Wildman–Crippen LogP) is 4.09. The van der Waals surface area contributed by atoms with E-state index >= 15 is 0 Å². The summed E-state index contributed by atoms with van der Waals surface area (Å²) in [4.78, 5) is 0. The molecule has 90 valence electrons. The summed E-state index contributed by atoms with van der Waals surface area (Å²) in [6, 6.07) is 14.4. The minimum absolute atomic E-state index is 0.215. The maximum atomic E-state index is 12.9. The van der Waals surface area contributed by atoms with Gasteiger partial charge in [0.2, 0.25) is 0 Å². The molecule has 0 saturated heterocycles. The van der Waals surface area contributed by atoms with Crippen LogP contribution in [0.4, 0.5) is 4.39 Å². The van der Waals surface area contributed by atoms with Gasteiger partial charge in [0.1, 0.15) is 5.82 Å². The number of nitrogens with two attached hydrogens (primary N) is 1. The minimum atomic E-state index is -0.236. The van der Waals surface area contributed by atoms with Gasteiger partial charge in [-0.25, -0.2) is 4.39 Å². The lowest BCUT2D eigenvalue weighted by Gasteiger charge is -2.13. The van der Waals surface area contributed by atoms with E-state index in [4.69, 9.17) is 5.73 Å². The highest BCUT2D eigenvalue weighted by atomic mass is 32.1. The Balaban J connectivity index is 2.08. The second-order valence-corrected chi connectivity index (χ2v) is 5.13. The highest BCUT2D eigenvalue weighted by Crippen LogP contribution is 2.30. The molecule has 1 unspecified atom stereocenters. The van der Waals surface area contributed by atoms with Crippen LogP contribution in [0, 0.1) is 5.82 Å². The van der Waals surface area contributed by atoms with E-state index in [0.717, 1.165) is 11.1 Å². The van der Waals surface area contributed by atoms with Crippen LogP contribution < -0.4 is 5.73 Å². The fraction of sp³-hybridized carbons (Fsp3) is 0.0667. The number of hydrogen-bond acceptors (Lipinski definition) is 2. The van der Waals surface area contributed by atoms with Gasteiger partial charge in [-0.1, -0.05) is 30.3 Å². The van der Waals surface area contributed by atoms with Gasteiger partial charge in [-0.05, 0) is 40.1 Å². The molecule has 2 aromatic carbocycles. The molecule has 0 radical (unpaired) electrons. The highest BCUT2D eigenvalue weighted by Gasteiger charge is 2.12. The van der Waals surface area contributed by atoms with Gasteiger partial charge in [0, 0.05) is 4.70 Å². The lowest BCUT2D eigenvalue weighted by molar-refractivity contribution is 0.626. The van der Waals surface area contributed by atoms with Crippen LogP contribution in [0.5, 0.6) is 0 Å². The normalized spacial score (nSPS) is 12.8. The topological polar surface area (TPSA) is 26.0 Å². The van der Waals surface area contributed by atoms with Crippen molar-refractivity contribution >= 4 is 21.4 Å². The van der Waals surface area contributed by atoms with E-state index in [0.29, 0.717) is 0 Å². The maximum absolute atomic E-state index is 12.9. The van der Waals surface area contributed by atoms with Gasteiger partial charge in [-0.15, -0.1) is 11.3 Å². The van der Waals surface area contributed by atoms with E-state index in [1.807, 2.05) is 12.1 Å². The molecule has 0 bridgehead atoms.